The number of rotatable bonds is 7. The molecule has 0 aromatic carbocycles. The van der Waals surface area contributed by atoms with Gasteiger partial charge in [-0.1, -0.05) is 31.2 Å². The number of likely N-dealkylation sites (tertiary alicyclic amines) is 1. The Bertz CT molecular complexity index is 769. The zero-order valence-corrected chi connectivity index (χ0v) is 18.9. The van der Waals surface area contributed by atoms with Crippen molar-refractivity contribution in [2.75, 3.05) is 50.7 Å². The highest BCUT2D eigenvalue weighted by Crippen LogP contribution is 2.23. The lowest BCUT2D eigenvalue weighted by molar-refractivity contribution is 0.107. The van der Waals surface area contributed by atoms with Crippen LogP contribution in [0.4, 0.5) is 10.2 Å². The first kappa shape index (κ1) is 22.7. The van der Waals surface area contributed by atoms with Crippen LogP contribution in [0, 0.1) is 6.92 Å². The molecule has 30 heavy (non-hydrogen) atoms. The van der Waals surface area contributed by atoms with Crippen molar-refractivity contribution in [1.29, 1.82) is 0 Å². The fraction of sp³-hybridized carbons (Fsp3) is 0.560. The van der Waals surface area contributed by atoms with E-state index in [-0.39, 0.29) is 5.83 Å². The number of allylic oxidation sites excluding steroid dienone is 3. The third kappa shape index (κ3) is 6.02. The van der Waals surface area contributed by atoms with Crippen molar-refractivity contribution in [3.63, 3.8) is 0 Å². The van der Waals surface area contributed by atoms with E-state index >= 15 is 0 Å². The van der Waals surface area contributed by atoms with Crippen molar-refractivity contribution < 1.29 is 4.39 Å². The van der Waals surface area contributed by atoms with Gasteiger partial charge in [-0.25, -0.2) is 9.37 Å². The zero-order valence-electron chi connectivity index (χ0n) is 18.9. The Labute approximate surface area is 181 Å². The molecule has 4 nitrogen and oxygen atoms in total. The summed E-state index contributed by atoms with van der Waals surface area (Å²) in [4.78, 5) is 12.3. The van der Waals surface area contributed by atoms with E-state index in [2.05, 4.69) is 46.2 Å². The maximum Gasteiger partial charge on any atom is 0.131 e. The first-order chi connectivity index (χ1) is 14.5. The molecule has 1 aromatic heterocycles. The van der Waals surface area contributed by atoms with Crippen molar-refractivity contribution in [3.05, 3.63) is 53.5 Å². The lowest BCUT2D eigenvalue weighted by Gasteiger charge is -2.43. The molecule has 2 fully saturated rings. The number of aryl methyl sites for hydroxylation is 1. The maximum absolute atomic E-state index is 13.3. The summed E-state index contributed by atoms with van der Waals surface area (Å²) in [5.41, 5.74) is 3.54. The van der Waals surface area contributed by atoms with E-state index in [0.29, 0.717) is 12.5 Å². The second-order valence-electron chi connectivity index (χ2n) is 8.62. The maximum atomic E-state index is 13.3. The van der Waals surface area contributed by atoms with Crippen LogP contribution >= 0.6 is 0 Å². The fourth-order valence-corrected chi connectivity index (χ4v) is 4.53. The number of nitrogens with zero attached hydrogens (tertiary/aromatic N) is 4. The molecule has 0 radical (unpaired) electrons. The molecular weight excluding hydrogens is 375 g/mol. The monoisotopic (exact) mass is 412 g/mol. The Kier molecular flexibility index (Phi) is 8.23. The molecular formula is C25H37FN4. The minimum Gasteiger partial charge on any atom is -0.354 e. The molecule has 0 bridgehead atoms. The number of piperazine rings is 1. The number of pyridine rings is 1. The van der Waals surface area contributed by atoms with Crippen molar-refractivity contribution in [1.82, 2.24) is 14.8 Å². The minimum atomic E-state index is -0.0470. The van der Waals surface area contributed by atoms with E-state index in [4.69, 9.17) is 0 Å². The summed E-state index contributed by atoms with van der Waals surface area (Å²) in [6.07, 6.45) is 10.2. The number of hydrogen-bond acceptors (Lipinski definition) is 4. The van der Waals surface area contributed by atoms with Gasteiger partial charge in [0, 0.05) is 45.0 Å². The van der Waals surface area contributed by atoms with Crippen LogP contribution in [-0.2, 0) is 0 Å². The summed E-state index contributed by atoms with van der Waals surface area (Å²) >= 11 is 0. The second-order valence-corrected chi connectivity index (χ2v) is 8.62. The molecule has 0 N–H and O–H groups in total. The van der Waals surface area contributed by atoms with Gasteiger partial charge in [-0.3, -0.25) is 9.80 Å². The van der Waals surface area contributed by atoms with Gasteiger partial charge in [0.05, 0.1) is 5.83 Å². The summed E-state index contributed by atoms with van der Waals surface area (Å²) < 4.78 is 13.3. The SMILES string of the molecule is C=Cc1cnc(N2CCN(C3CCN(C/C(C)=C/C=C(/F)CC)CC3)CC2)c(C)c1. The summed E-state index contributed by atoms with van der Waals surface area (Å²) in [5.74, 6) is 1.07. The Morgan fingerprint density at radius 2 is 1.87 bits per heavy atom. The van der Waals surface area contributed by atoms with Crippen LogP contribution in [-0.4, -0.2) is 66.6 Å². The van der Waals surface area contributed by atoms with E-state index < -0.39 is 0 Å². The predicted molar refractivity (Wildman–Crippen MR) is 126 cm³/mol. The van der Waals surface area contributed by atoms with Crippen molar-refractivity contribution >= 4 is 11.9 Å². The third-order valence-corrected chi connectivity index (χ3v) is 6.35. The Balaban J connectivity index is 1.45. The van der Waals surface area contributed by atoms with Crippen molar-refractivity contribution in [2.45, 2.75) is 46.1 Å². The van der Waals surface area contributed by atoms with Gasteiger partial charge in [-0.05, 0) is 69.5 Å². The standard InChI is InChI=1S/C25H37FN4/c1-5-22-17-21(4)25(27-18-22)30-15-13-29(14-16-30)24-9-11-28(12-10-24)19-20(3)7-8-23(26)6-2/h5,7-8,17-18,24H,1,6,9-16,19H2,2-4H3/b20-7+,23-8+. The van der Waals surface area contributed by atoms with E-state index in [1.165, 1.54) is 24.0 Å². The predicted octanol–water partition coefficient (Wildman–Crippen LogP) is 4.83. The van der Waals surface area contributed by atoms with Crippen molar-refractivity contribution in [2.24, 2.45) is 0 Å². The molecule has 2 aliphatic rings. The molecule has 2 aliphatic heterocycles. The summed E-state index contributed by atoms with van der Waals surface area (Å²) in [6.45, 7) is 17.4. The summed E-state index contributed by atoms with van der Waals surface area (Å²) in [5, 5.41) is 0. The molecule has 0 unspecified atom stereocenters. The Hall–Kier alpha value is -1.98. The van der Waals surface area contributed by atoms with E-state index in [0.717, 1.165) is 57.2 Å². The van der Waals surface area contributed by atoms with E-state index in [9.17, 15) is 4.39 Å². The van der Waals surface area contributed by atoms with Crippen LogP contribution in [0.15, 0.2) is 42.4 Å². The fourth-order valence-electron chi connectivity index (χ4n) is 4.53. The average Bonchev–Trinajstić information content (AvgIpc) is 2.78. The Morgan fingerprint density at radius 3 is 2.47 bits per heavy atom. The molecule has 0 spiro atoms. The van der Waals surface area contributed by atoms with Gasteiger partial charge < -0.3 is 4.90 Å². The van der Waals surface area contributed by atoms with Gasteiger partial charge in [0.2, 0.25) is 0 Å². The topological polar surface area (TPSA) is 22.6 Å². The molecule has 0 atom stereocenters. The number of hydrogen-bond donors (Lipinski definition) is 0. The lowest BCUT2D eigenvalue weighted by Crippen LogP contribution is -2.53. The molecule has 3 heterocycles. The van der Waals surface area contributed by atoms with E-state index in [1.54, 1.807) is 6.08 Å². The van der Waals surface area contributed by atoms with Gasteiger partial charge in [-0.2, -0.15) is 0 Å². The number of piperidine rings is 1. The molecule has 2 saturated heterocycles. The Morgan fingerprint density at radius 1 is 1.17 bits per heavy atom. The van der Waals surface area contributed by atoms with E-state index in [1.807, 2.05) is 25.3 Å². The number of aromatic nitrogens is 1. The van der Waals surface area contributed by atoms with Crippen LogP contribution in [0.25, 0.3) is 6.08 Å². The van der Waals surface area contributed by atoms with Gasteiger partial charge in [-0.15, -0.1) is 0 Å². The highest BCUT2D eigenvalue weighted by molar-refractivity contribution is 5.54. The first-order valence-corrected chi connectivity index (χ1v) is 11.3. The zero-order chi connectivity index (χ0) is 21.5. The van der Waals surface area contributed by atoms with Gasteiger partial charge in [0.1, 0.15) is 5.82 Å². The normalized spacial score (nSPS) is 20.6. The van der Waals surface area contributed by atoms with Crippen LogP contribution in [0.5, 0.6) is 0 Å². The average molecular weight is 413 g/mol. The van der Waals surface area contributed by atoms with Crippen LogP contribution < -0.4 is 4.90 Å². The van der Waals surface area contributed by atoms with Gasteiger partial charge in [0.15, 0.2) is 0 Å². The second kappa shape index (κ2) is 10.9. The molecule has 5 heteroatoms. The smallest absolute Gasteiger partial charge is 0.131 e. The lowest BCUT2D eigenvalue weighted by atomic mass is 10.0. The number of halogens is 1. The summed E-state index contributed by atoms with van der Waals surface area (Å²) in [6, 6.07) is 2.85. The van der Waals surface area contributed by atoms with Crippen LogP contribution in [0.3, 0.4) is 0 Å². The molecule has 0 amide bonds. The highest BCUT2D eigenvalue weighted by Gasteiger charge is 2.28. The first-order valence-electron chi connectivity index (χ1n) is 11.3. The van der Waals surface area contributed by atoms with Gasteiger partial charge in [0.25, 0.3) is 0 Å². The molecule has 3 rings (SSSR count). The molecule has 0 aliphatic carbocycles. The largest absolute Gasteiger partial charge is 0.354 e. The minimum absolute atomic E-state index is 0.0470. The molecule has 1 aromatic rings. The van der Waals surface area contributed by atoms with Crippen LogP contribution in [0.1, 0.15) is 44.2 Å². The van der Waals surface area contributed by atoms with Crippen LogP contribution in [0.2, 0.25) is 0 Å². The quantitative estimate of drug-likeness (QED) is 0.598. The van der Waals surface area contributed by atoms with Crippen molar-refractivity contribution in [3.8, 4) is 0 Å². The molecule has 164 valence electrons. The highest BCUT2D eigenvalue weighted by atomic mass is 19.1. The molecule has 0 saturated carbocycles. The number of anilines is 1. The third-order valence-electron chi connectivity index (χ3n) is 6.35. The van der Waals surface area contributed by atoms with Gasteiger partial charge >= 0.3 is 0 Å². The summed E-state index contributed by atoms with van der Waals surface area (Å²) in [7, 11) is 0.